The summed E-state index contributed by atoms with van der Waals surface area (Å²) >= 11 is 0. The number of hydrogen-bond donors (Lipinski definition) is 6. The van der Waals surface area contributed by atoms with E-state index in [2.05, 4.69) is 54.5 Å². The summed E-state index contributed by atoms with van der Waals surface area (Å²) in [5.41, 5.74) is -0.571. The average molecular weight is 635 g/mol. The predicted octanol–water partition coefficient (Wildman–Crippen LogP) is 4.03. The first-order chi connectivity index (χ1) is 20.8. The highest BCUT2D eigenvalue weighted by Gasteiger charge is 2.71. The van der Waals surface area contributed by atoms with Crippen LogP contribution in [0.1, 0.15) is 106 Å². The van der Waals surface area contributed by atoms with Crippen LogP contribution in [-0.2, 0) is 14.3 Å². The quantitative estimate of drug-likeness (QED) is 0.199. The molecule has 9 heteroatoms. The molecular weight excluding hydrogens is 576 g/mol. The van der Waals surface area contributed by atoms with Crippen LogP contribution in [0.15, 0.2) is 11.6 Å². The Labute approximate surface area is 268 Å². The molecule has 5 unspecified atom stereocenters. The fraction of sp³-hybridized carbons (Fsp3) is 0.917. The monoisotopic (exact) mass is 634 g/mol. The smallest absolute Gasteiger partial charge is 0.312 e. The van der Waals surface area contributed by atoms with Gasteiger partial charge in [-0.15, -0.1) is 0 Å². The van der Waals surface area contributed by atoms with Gasteiger partial charge >= 0.3 is 5.97 Å². The Hall–Kier alpha value is -1.07. The maximum atomic E-state index is 13.0. The highest BCUT2D eigenvalue weighted by Crippen LogP contribution is 2.76. The molecule has 0 radical (unpaired) electrons. The Morgan fingerprint density at radius 1 is 0.889 bits per heavy atom. The van der Waals surface area contributed by atoms with Gasteiger partial charge in [0.25, 0.3) is 0 Å². The van der Waals surface area contributed by atoms with Gasteiger partial charge < -0.3 is 40.1 Å². The zero-order chi connectivity index (χ0) is 33.1. The molecule has 6 aliphatic rings. The van der Waals surface area contributed by atoms with Crippen molar-refractivity contribution in [1.82, 2.24) is 0 Å². The summed E-state index contributed by atoms with van der Waals surface area (Å²) in [6.45, 7) is 15.6. The third-order valence-electron chi connectivity index (χ3n) is 15.2. The Kier molecular flexibility index (Phi) is 8.05. The number of fused-ring (bicyclic) bond motifs is 7. The normalized spacial score (nSPS) is 53.6. The zero-order valence-electron chi connectivity index (χ0n) is 28.3. The standard InChI is InChI=1S/C36H58O9/c1-31(2)14-15-36(30(42)43)20(16-31)19-8-9-23-33(5)12-11-25(45-29-28(41)27(40)26(39)21(18-37)44-29)32(3,4)22(33)10-13-34(23,6)35(19,7)17-24(36)38/h8,20-29,37-41H,9-18H2,1-7H3,(H,42,43)/t20-,21?,22-,23+,24+,25-,26?,27?,28?,29?,33-,34+,35+,36+/m0/s1. The number of allylic oxidation sites excluding steroid dienone is 2. The third-order valence-corrected chi connectivity index (χ3v) is 15.2. The summed E-state index contributed by atoms with van der Waals surface area (Å²) in [7, 11) is 0. The second-order valence-corrected chi connectivity index (χ2v) is 18.0. The van der Waals surface area contributed by atoms with E-state index in [1.54, 1.807) is 0 Å². The minimum Gasteiger partial charge on any atom is -0.481 e. The second-order valence-electron chi connectivity index (χ2n) is 18.0. The van der Waals surface area contributed by atoms with Crippen molar-refractivity contribution in [3.05, 3.63) is 11.6 Å². The van der Waals surface area contributed by atoms with Gasteiger partial charge in [0, 0.05) is 0 Å². The van der Waals surface area contributed by atoms with Gasteiger partial charge in [0.1, 0.15) is 29.8 Å². The largest absolute Gasteiger partial charge is 0.481 e. The van der Waals surface area contributed by atoms with Gasteiger partial charge in [-0.05, 0) is 103 Å². The third kappa shape index (κ3) is 4.54. The lowest BCUT2D eigenvalue weighted by Crippen LogP contribution is -2.68. The molecule has 1 aliphatic heterocycles. The summed E-state index contributed by atoms with van der Waals surface area (Å²) in [4.78, 5) is 13.0. The number of ether oxygens (including phenoxy) is 2. The van der Waals surface area contributed by atoms with Crippen LogP contribution < -0.4 is 0 Å². The highest BCUT2D eigenvalue weighted by molar-refractivity contribution is 5.77. The molecule has 0 bridgehead atoms. The molecule has 14 atom stereocenters. The maximum Gasteiger partial charge on any atom is 0.312 e. The van der Waals surface area contributed by atoms with E-state index in [4.69, 9.17) is 9.47 Å². The molecule has 1 heterocycles. The summed E-state index contributed by atoms with van der Waals surface area (Å²) in [6.07, 6.45) is 1.79. The van der Waals surface area contributed by atoms with Crippen molar-refractivity contribution in [3.8, 4) is 0 Å². The molecule has 6 rings (SSSR count). The minimum absolute atomic E-state index is 0.0210. The Morgan fingerprint density at radius 2 is 1.58 bits per heavy atom. The highest BCUT2D eigenvalue weighted by atomic mass is 16.7. The number of aliphatic hydroxyl groups is 5. The Balaban J connectivity index is 1.31. The van der Waals surface area contributed by atoms with Gasteiger partial charge in [-0.3, -0.25) is 4.79 Å². The van der Waals surface area contributed by atoms with Gasteiger partial charge in [-0.1, -0.05) is 60.1 Å². The summed E-state index contributed by atoms with van der Waals surface area (Å²) < 4.78 is 12.2. The van der Waals surface area contributed by atoms with Crippen LogP contribution in [-0.4, -0.2) is 86.1 Å². The van der Waals surface area contributed by atoms with E-state index in [1.165, 1.54) is 5.57 Å². The lowest BCUT2D eigenvalue weighted by molar-refractivity contribution is -0.330. The maximum absolute atomic E-state index is 13.0. The van der Waals surface area contributed by atoms with Crippen molar-refractivity contribution in [1.29, 1.82) is 0 Å². The van der Waals surface area contributed by atoms with Crippen LogP contribution in [0.4, 0.5) is 0 Å². The molecule has 1 saturated heterocycles. The summed E-state index contributed by atoms with van der Waals surface area (Å²) in [5.74, 6) is -0.382. The van der Waals surface area contributed by atoms with Crippen molar-refractivity contribution in [2.24, 2.45) is 50.2 Å². The van der Waals surface area contributed by atoms with Crippen LogP contribution in [0, 0.1) is 50.2 Å². The number of aliphatic carboxylic acids is 1. The molecule has 256 valence electrons. The predicted molar refractivity (Wildman–Crippen MR) is 167 cm³/mol. The van der Waals surface area contributed by atoms with Crippen molar-refractivity contribution in [2.45, 2.75) is 149 Å². The molecule has 0 amide bonds. The van der Waals surface area contributed by atoms with Gasteiger partial charge in [-0.2, -0.15) is 0 Å². The Morgan fingerprint density at radius 3 is 2.22 bits per heavy atom. The number of aliphatic hydroxyl groups excluding tert-OH is 5. The van der Waals surface area contributed by atoms with Crippen molar-refractivity contribution < 1.29 is 44.9 Å². The van der Waals surface area contributed by atoms with E-state index in [-0.39, 0.29) is 39.1 Å². The average Bonchev–Trinajstić information content (AvgIpc) is 2.94. The molecule has 5 fully saturated rings. The fourth-order valence-corrected chi connectivity index (χ4v) is 12.3. The van der Waals surface area contributed by atoms with Crippen molar-refractivity contribution in [3.63, 3.8) is 0 Å². The van der Waals surface area contributed by atoms with Gasteiger partial charge in [0.15, 0.2) is 6.29 Å². The first-order valence-electron chi connectivity index (χ1n) is 17.4. The summed E-state index contributed by atoms with van der Waals surface area (Å²) in [6, 6.07) is 0. The summed E-state index contributed by atoms with van der Waals surface area (Å²) in [5, 5.41) is 63.5. The molecule has 0 aromatic carbocycles. The van der Waals surface area contributed by atoms with Gasteiger partial charge in [0.2, 0.25) is 0 Å². The first kappa shape index (κ1) is 33.8. The second kappa shape index (κ2) is 10.7. The van der Waals surface area contributed by atoms with Gasteiger partial charge in [-0.25, -0.2) is 0 Å². The number of carbonyl (C=O) groups is 1. The molecule has 5 aliphatic carbocycles. The molecule has 9 nitrogen and oxygen atoms in total. The number of carboxylic acid groups (broad SMARTS) is 1. The number of rotatable bonds is 4. The topological polar surface area (TPSA) is 157 Å². The molecular formula is C36H58O9. The van der Waals surface area contributed by atoms with Crippen LogP contribution >= 0.6 is 0 Å². The van der Waals surface area contributed by atoms with Crippen molar-refractivity contribution in [2.75, 3.05) is 6.61 Å². The van der Waals surface area contributed by atoms with E-state index in [0.717, 1.165) is 44.9 Å². The molecule has 0 aromatic heterocycles. The SMILES string of the molecule is CC1(C)CC[C@]2(C(=O)O)[C@H](O)C[C@]3(C)C(=CC[C@@H]4[C@@]5(C)CC[C@H](OC6OC(CO)C(O)C(O)C6O)C(C)(C)[C@@H]5CC[C@]43C)[C@@H]2C1. The minimum atomic E-state index is -1.47. The van der Waals surface area contributed by atoms with E-state index < -0.39 is 54.8 Å². The molecule has 0 spiro atoms. The molecule has 6 N–H and O–H groups in total. The van der Waals surface area contributed by atoms with Crippen LogP contribution in [0.25, 0.3) is 0 Å². The van der Waals surface area contributed by atoms with Gasteiger partial charge in [0.05, 0.1) is 18.8 Å². The number of hydrogen-bond acceptors (Lipinski definition) is 8. The molecule has 4 saturated carbocycles. The van der Waals surface area contributed by atoms with Crippen LogP contribution in [0.5, 0.6) is 0 Å². The lowest BCUT2D eigenvalue weighted by Gasteiger charge is -2.71. The van der Waals surface area contributed by atoms with E-state index in [1.807, 2.05) is 0 Å². The number of carboxylic acids is 1. The first-order valence-corrected chi connectivity index (χ1v) is 17.4. The zero-order valence-corrected chi connectivity index (χ0v) is 28.3. The van der Waals surface area contributed by atoms with Crippen LogP contribution in [0.3, 0.4) is 0 Å². The van der Waals surface area contributed by atoms with Crippen LogP contribution in [0.2, 0.25) is 0 Å². The molecule has 45 heavy (non-hydrogen) atoms. The molecule has 0 aromatic rings. The lowest BCUT2D eigenvalue weighted by atomic mass is 9.33. The van der Waals surface area contributed by atoms with E-state index in [9.17, 15) is 35.4 Å². The van der Waals surface area contributed by atoms with E-state index >= 15 is 0 Å². The van der Waals surface area contributed by atoms with Crippen molar-refractivity contribution >= 4 is 5.97 Å². The Bertz CT molecular complexity index is 1210. The fourth-order valence-electron chi connectivity index (χ4n) is 12.3. The van der Waals surface area contributed by atoms with E-state index in [0.29, 0.717) is 24.7 Å².